The van der Waals surface area contributed by atoms with Crippen molar-refractivity contribution < 1.29 is 23.1 Å². The number of hydrogen-bond donors (Lipinski definition) is 2. The maximum Gasteiger partial charge on any atom is 0.391 e. The van der Waals surface area contributed by atoms with Crippen LogP contribution in [0, 0.1) is 0 Å². The van der Waals surface area contributed by atoms with Gasteiger partial charge in [-0.25, -0.2) is 4.79 Å². The normalized spacial score (nSPS) is 13.2. The molecule has 0 aliphatic carbocycles. The third-order valence-electron chi connectivity index (χ3n) is 2.10. The van der Waals surface area contributed by atoms with Crippen LogP contribution in [0.25, 0.3) is 0 Å². The number of benzene rings is 1. The number of aromatic carboxylic acids is 1. The van der Waals surface area contributed by atoms with E-state index in [9.17, 15) is 18.0 Å². The second kappa shape index (κ2) is 5.60. The van der Waals surface area contributed by atoms with Crippen LogP contribution in [-0.2, 0) is 0 Å². The summed E-state index contributed by atoms with van der Waals surface area (Å²) in [5.74, 6) is -1.14. The Hall–Kier alpha value is -1.24. The van der Waals surface area contributed by atoms with Gasteiger partial charge < -0.3 is 10.4 Å². The molecule has 0 bridgehead atoms. The molecule has 3 nitrogen and oxygen atoms in total. The molecule has 0 radical (unpaired) electrons. The summed E-state index contributed by atoms with van der Waals surface area (Å²) in [5, 5.41) is 11.4. The first-order valence-electron chi connectivity index (χ1n) is 5.04. The van der Waals surface area contributed by atoms with Gasteiger partial charge in [0.1, 0.15) is 0 Å². The molecule has 1 unspecified atom stereocenters. The summed E-state index contributed by atoms with van der Waals surface area (Å²) in [7, 11) is 0. The quantitative estimate of drug-likeness (QED) is 0.882. The van der Waals surface area contributed by atoms with Crippen LogP contribution < -0.4 is 5.32 Å². The zero-order valence-corrected chi connectivity index (χ0v) is 11.0. The summed E-state index contributed by atoms with van der Waals surface area (Å²) in [4.78, 5) is 10.8. The van der Waals surface area contributed by atoms with Gasteiger partial charge >= 0.3 is 12.1 Å². The van der Waals surface area contributed by atoms with Gasteiger partial charge in [-0.3, -0.25) is 0 Å². The molecule has 0 aliphatic rings. The Bertz CT molecular complexity index is 448. The summed E-state index contributed by atoms with van der Waals surface area (Å²) in [6, 6.07) is 3.36. The molecule has 100 valence electrons. The highest BCUT2D eigenvalue weighted by Crippen LogP contribution is 2.25. The molecule has 0 aliphatic heterocycles. The molecule has 0 heterocycles. The Balaban J connectivity index is 2.81. The summed E-state index contributed by atoms with van der Waals surface area (Å²) >= 11 is 3.11. The van der Waals surface area contributed by atoms with Gasteiger partial charge in [-0.2, -0.15) is 13.2 Å². The van der Waals surface area contributed by atoms with Crippen molar-refractivity contribution in [1.29, 1.82) is 0 Å². The summed E-state index contributed by atoms with van der Waals surface area (Å²) in [6.07, 6.45) is -5.24. The molecule has 0 aromatic heterocycles. The molecule has 1 rings (SSSR count). The molecule has 18 heavy (non-hydrogen) atoms. The van der Waals surface area contributed by atoms with Gasteiger partial charge in [-0.1, -0.05) is 15.9 Å². The van der Waals surface area contributed by atoms with Crippen molar-refractivity contribution in [3.05, 3.63) is 28.2 Å². The minimum atomic E-state index is -4.26. The average Bonchev–Trinajstić information content (AvgIpc) is 2.12. The Labute approximate surface area is 110 Å². The van der Waals surface area contributed by atoms with E-state index in [4.69, 9.17) is 5.11 Å². The zero-order valence-electron chi connectivity index (χ0n) is 9.38. The Morgan fingerprint density at radius 1 is 1.44 bits per heavy atom. The van der Waals surface area contributed by atoms with Gasteiger partial charge in [0.25, 0.3) is 0 Å². The number of hydrogen-bond acceptors (Lipinski definition) is 2. The number of carboxylic acids is 1. The number of anilines is 1. The van der Waals surface area contributed by atoms with E-state index >= 15 is 0 Å². The Morgan fingerprint density at radius 3 is 2.56 bits per heavy atom. The van der Waals surface area contributed by atoms with E-state index in [0.717, 1.165) is 0 Å². The first-order valence-corrected chi connectivity index (χ1v) is 5.84. The van der Waals surface area contributed by atoms with Crippen molar-refractivity contribution in [2.75, 3.05) is 5.32 Å². The Morgan fingerprint density at radius 2 is 2.06 bits per heavy atom. The van der Waals surface area contributed by atoms with E-state index < -0.39 is 24.6 Å². The number of carbonyl (C=O) groups is 1. The van der Waals surface area contributed by atoms with Crippen LogP contribution in [0.1, 0.15) is 23.7 Å². The molecule has 2 N–H and O–H groups in total. The van der Waals surface area contributed by atoms with Crippen LogP contribution in [0.2, 0.25) is 0 Å². The maximum atomic E-state index is 12.2. The largest absolute Gasteiger partial charge is 0.478 e. The highest BCUT2D eigenvalue weighted by Gasteiger charge is 2.29. The molecule has 1 aromatic rings. The van der Waals surface area contributed by atoms with E-state index in [-0.39, 0.29) is 5.56 Å². The number of halogens is 4. The van der Waals surface area contributed by atoms with Gasteiger partial charge in [-0.05, 0) is 25.1 Å². The van der Waals surface area contributed by atoms with Gasteiger partial charge in [0.15, 0.2) is 0 Å². The van der Waals surface area contributed by atoms with Crippen molar-refractivity contribution in [3.63, 3.8) is 0 Å². The van der Waals surface area contributed by atoms with E-state index in [1.54, 1.807) is 0 Å². The fourth-order valence-electron chi connectivity index (χ4n) is 1.48. The van der Waals surface area contributed by atoms with Gasteiger partial charge in [-0.15, -0.1) is 0 Å². The third-order valence-corrected chi connectivity index (χ3v) is 2.55. The van der Waals surface area contributed by atoms with Crippen LogP contribution in [0.4, 0.5) is 18.9 Å². The number of rotatable bonds is 4. The molecular formula is C11H11BrF3NO2. The predicted octanol–water partition coefficient (Wildman–Crippen LogP) is 3.90. The molecule has 7 heteroatoms. The third kappa shape index (κ3) is 4.95. The molecule has 1 atom stereocenters. The highest BCUT2D eigenvalue weighted by atomic mass is 79.9. The van der Waals surface area contributed by atoms with Gasteiger partial charge in [0.05, 0.1) is 12.0 Å². The molecule has 0 amide bonds. The van der Waals surface area contributed by atoms with Crippen molar-refractivity contribution in [2.45, 2.75) is 25.6 Å². The van der Waals surface area contributed by atoms with Gasteiger partial charge in [0.2, 0.25) is 0 Å². The second-order valence-corrected chi connectivity index (χ2v) is 4.81. The van der Waals surface area contributed by atoms with E-state index in [1.807, 2.05) is 0 Å². The van der Waals surface area contributed by atoms with Crippen LogP contribution in [0.5, 0.6) is 0 Å². The topological polar surface area (TPSA) is 49.3 Å². The minimum Gasteiger partial charge on any atom is -0.478 e. The predicted molar refractivity (Wildman–Crippen MR) is 64.9 cm³/mol. The first kappa shape index (κ1) is 14.8. The molecule has 0 spiro atoms. The molecule has 0 fully saturated rings. The lowest BCUT2D eigenvalue weighted by Gasteiger charge is -2.17. The van der Waals surface area contributed by atoms with Crippen molar-refractivity contribution in [1.82, 2.24) is 0 Å². The summed E-state index contributed by atoms with van der Waals surface area (Å²) in [5.41, 5.74) is 0.338. The fourth-order valence-corrected chi connectivity index (χ4v) is 1.97. The van der Waals surface area contributed by atoms with Gasteiger partial charge in [0, 0.05) is 16.2 Å². The smallest absolute Gasteiger partial charge is 0.391 e. The van der Waals surface area contributed by atoms with Crippen molar-refractivity contribution in [2.24, 2.45) is 0 Å². The molecule has 0 saturated carbocycles. The van der Waals surface area contributed by atoms with Crippen LogP contribution in [0.3, 0.4) is 0 Å². The maximum absolute atomic E-state index is 12.2. The first-order chi connectivity index (χ1) is 8.17. The lowest BCUT2D eigenvalue weighted by atomic mass is 10.1. The fraction of sp³-hybridized carbons (Fsp3) is 0.364. The number of carboxylic acid groups (broad SMARTS) is 1. The zero-order chi connectivity index (χ0) is 13.9. The highest BCUT2D eigenvalue weighted by molar-refractivity contribution is 9.10. The average molecular weight is 326 g/mol. The Kier molecular flexibility index (Phi) is 4.61. The summed E-state index contributed by atoms with van der Waals surface area (Å²) in [6.45, 7) is 1.38. The monoisotopic (exact) mass is 325 g/mol. The molecule has 1 aromatic carbocycles. The lowest BCUT2D eigenvalue weighted by Crippen LogP contribution is -2.23. The van der Waals surface area contributed by atoms with Crippen LogP contribution in [0.15, 0.2) is 22.7 Å². The number of nitrogens with one attached hydrogen (secondary N) is 1. The molecule has 0 saturated heterocycles. The van der Waals surface area contributed by atoms with E-state index in [2.05, 4.69) is 21.2 Å². The van der Waals surface area contributed by atoms with Crippen LogP contribution >= 0.6 is 15.9 Å². The molecular weight excluding hydrogens is 315 g/mol. The number of alkyl halides is 3. The standard InChI is InChI=1S/C11H11BrF3NO2/c1-6(5-11(13,14)15)16-9-3-7(10(17)18)2-8(12)4-9/h2-4,6,16H,5H2,1H3,(H,17,18). The van der Waals surface area contributed by atoms with Crippen molar-refractivity contribution >= 4 is 27.6 Å². The SMILES string of the molecule is CC(CC(F)(F)F)Nc1cc(Br)cc(C(=O)O)c1. The van der Waals surface area contributed by atoms with E-state index in [1.165, 1.54) is 25.1 Å². The van der Waals surface area contributed by atoms with Crippen molar-refractivity contribution in [3.8, 4) is 0 Å². The van der Waals surface area contributed by atoms with E-state index in [0.29, 0.717) is 10.2 Å². The second-order valence-electron chi connectivity index (χ2n) is 3.90. The summed E-state index contributed by atoms with van der Waals surface area (Å²) < 4.78 is 36.9. The van der Waals surface area contributed by atoms with Crippen LogP contribution in [-0.4, -0.2) is 23.3 Å². The lowest BCUT2D eigenvalue weighted by molar-refractivity contribution is -0.136. The minimum absolute atomic E-state index is 0.00563.